The standard InChI is InChI=1S/C17H18N2O2/c18-15-10-14-8-4-5-9-16(14)19(11-15)17(20)21-12-13-6-2-1-3-7-13/h1-9,15H,10-12,18H2. The molecule has 2 aromatic carbocycles. The molecule has 0 fully saturated rings. The van der Waals surface area contributed by atoms with Gasteiger partial charge in [-0.15, -0.1) is 0 Å². The minimum absolute atomic E-state index is 0.0517. The average Bonchev–Trinajstić information content (AvgIpc) is 2.52. The van der Waals surface area contributed by atoms with E-state index in [1.807, 2.05) is 54.6 Å². The minimum Gasteiger partial charge on any atom is -0.444 e. The molecule has 4 nitrogen and oxygen atoms in total. The Kier molecular flexibility index (Phi) is 3.88. The molecule has 21 heavy (non-hydrogen) atoms. The Hall–Kier alpha value is -2.33. The Morgan fingerprint density at radius 2 is 1.86 bits per heavy atom. The van der Waals surface area contributed by atoms with Crippen LogP contribution in [0.2, 0.25) is 0 Å². The predicted octanol–water partition coefficient (Wildman–Crippen LogP) is 2.71. The van der Waals surface area contributed by atoms with Crippen LogP contribution in [0.1, 0.15) is 11.1 Å². The van der Waals surface area contributed by atoms with E-state index >= 15 is 0 Å². The van der Waals surface area contributed by atoms with Crippen molar-refractivity contribution < 1.29 is 9.53 Å². The lowest BCUT2D eigenvalue weighted by Crippen LogP contribution is -2.46. The van der Waals surface area contributed by atoms with Crippen molar-refractivity contribution in [2.24, 2.45) is 5.73 Å². The van der Waals surface area contributed by atoms with Gasteiger partial charge in [-0.1, -0.05) is 48.5 Å². The lowest BCUT2D eigenvalue weighted by molar-refractivity contribution is 0.146. The zero-order valence-electron chi connectivity index (χ0n) is 11.7. The molecule has 2 N–H and O–H groups in total. The lowest BCUT2D eigenvalue weighted by Gasteiger charge is -2.32. The van der Waals surface area contributed by atoms with E-state index in [2.05, 4.69) is 0 Å². The Labute approximate surface area is 124 Å². The van der Waals surface area contributed by atoms with Gasteiger partial charge in [0.1, 0.15) is 6.61 Å². The topological polar surface area (TPSA) is 55.6 Å². The Balaban J connectivity index is 1.73. The van der Waals surface area contributed by atoms with E-state index in [0.29, 0.717) is 6.54 Å². The smallest absolute Gasteiger partial charge is 0.414 e. The molecule has 0 bridgehead atoms. The number of anilines is 1. The van der Waals surface area contributed by atoms with E-state index in [0.717, 1.165) is 23.2 Å². The van der Waals surface area contributed by atoms with E-state index in [4.69, 9.17) is 10.5 Å². The van der Waals surface area contributed by atoms with Crippen molar-refractivity contribution in [2.75, 3.05) is 11.4 Å². The fourth-order valence-electron chi connectivity index (χ4n) is 2.60. The normalized spacial score (nSPS) is 17.2. The van der Waals surface area contributed by atoms with Crippen LogP contribution in [0.3, 0.4) is 0 Å². The number of carbonyl (C=O) groups excluding carboxylic acids is 1. The van der Waals surface area contributed by atoms with Crippen LogP contribution in [0, 0.1) is 0 Å². The van der Waals surface area contributed by atoms with Crippen LogP contribution >= 0.6 is 0 Å². The van der Waals surface area contributed by atoms with Crippen LogP contribution < -0.4 is 10.6 Å². The monoisotopic (exact) mass is 282 g/mol. The molecular weight excluding hydrogens is 264 g/mol. The van der Waals surface area contributed by atoms with Crippen LogP contribution in [-0.4, -0.2) is 18.7 Å². The number of ether oxygens (including phenoxy) is 1. The second-order valence-corrected chi connectivity index (χ2v) is 5.24. The number of fused-ring (bicyclic) bond motifs is 1. The van der Waals surface area contributed by atoms with Gasteiger partial charge in [0.15, 0.2) is 0 Å². The maximum Gasteiger partial charge on any atom is 0.414 e. The molecule has 1 atom stereocenters. The molecule has 0 radical (unpaired) electrons. The first kappa shape index (κ1) is 13.6. The molecule has 1 aliphatic heterocycles. The third kappa shape index (κ3) is 3.06. The number of amides is 1. The van der Waals surface area contributed by atoms with E-state index < -0.39 is 0 Å². The first-order chi connectivity index (χ1) is 10.2. The maximum atomic E-state index is 12.3. The fraction of sp³-hybridized carbons (Fsp3) is 0.235. The Bertz CT molecular complexity index is 628. The van der Waals surface area contributed by atoms with Gasteiger partial charge in [-0.3, -0.25) is 4.90 Å². The summed E-state index contributed by atoms with van der Waals surface area (Å²) >= 11 is 0. The molecule has 1 aliphatic rings. The van der Waals surface area contributed by atoms with Crippen LogP contribution in [0.25, 0.3) is 0 Å². The molecule has 1 amide bonds. The molecule has 0 aromatic heterocycles. The van der Waals surface area contributed by atoms with E-state index in [9.17, 15) is 4.79 Å². The zero-order chi connectivity index (χ0) is 14.7. The number of carbonyl (C=O) groups is 1. The van der Waals surface area contributed by atoms with Crippen LogP contribution in [0.5, 0.6) is 0 Å². The number of nitrogens with zero attached hydrogens (tertiary/aromatic N) is 1. The van der Waals surface area contributed by atoms with E-state index in [1.165, 1.54) is 0 Å². The van der Waals surface area contributed by atoms with Crippen LogP contribution in [0.15, 0.2) is 54.6 Å². The molecule has 0 saturated carbocycles. The SMILES string of the molecule is NC1Cc2ccccc2N(C(=O)OCc2ccccc2)C1. The summed E-state index contributed by atoms with van der Waals surface area (Å²) in [5.74, 6) is 0. The lowest BCUT2D eigenvalue weighted by atomic mass is 9.99. The molecule has 0 saturated heterocycles. The van der Waals surface area contributed by atoms with E-state index in [-0.39, 0.29) is 18.7 Å². The van der Waals surface area contributed by atoms with Crippen molar-refractivity contribution >= 4 is 11.8 Å². The summed E-state index contributed by atoms with van der Waals surface area (Å²) in [6.07, 6.45) is 0.444. The summed E-state index contributed by atoms with van der Waals surface area (Å²) in [5, 5.41) is 0. The second-order valence-electron chi connectivity index (χ2n) is 5.24. The quantitative estimate of drug-likeness (QED) is 0.921. The number of hydrogen-bond donors (Lipinski definition) is 1. The van der Waals surface area contributed by atoms with Crippen LogP contribution in [0.4, 0.5) is 10.5 Å². The van der Waals surface area contributed by atoms with Crippen molar-refractivity contribution in [3.05, 3.63) is 65.7 Å². The minimum atomic E-state index is -0.346. The summed E-state index contributed by atoms with van der Waals surface area (Å²) in [4.78, 5) is 14.0. The van der Waals surface area contributed by atoms with Crippen molar-refractivity contribution in [3.8, 4) is 0 Å². The zero-order valence-corrected chi connectivity index (χ0v) is 11.7. The van der Waals surface area contributed by atoms with E-state index in [1.54, 1.807) is 4.90 Å². The van der Waals surface area contributed by atoms with Gasteiger partial charge in [0.25, 0.3) is 0 Å². The predicted molar refractivity (Wildman–Crippen MR) is 82.1 cm³/mol. The largest absolute Gasteiger partial charge is 0.444 e. The van der Waals surface area contributed by atoms with Gasteiger partial charge in [0.2, 0.25) is 0 Å². The Morgan fingerprint density at radius 3 is 2.67 bits per heavy atom. The number of benzene rings is 2. The Morgan fingerprint density at radius 1 is 1.14 bits per heavy atom. The number of rotatable bonds is 2. The van der Waals surface area contributed by atoms with Crippen molar-refractivity contribution in [2.45, 2.75) is 19.1 Å². The summed E-state index contributed by atoms with van der Waals surface area (Å²) < 4.78 is 5.40. The summed E-state index contributed by atoms with van der Waals surface area (Å²) in [5.41, 5.74) is 9.00. The molecule has 1 unspecified atom stereocenters. The van der Waals surface area contributed by atoms with Gasteiger partial charge in [-0.25, -0.2) is 4.79 Å². The van der Waals surface area contributed by atoms with Crippen LogP contribution in [-0.2, 0) is 17.8 Å². The summed E-state index contributed by atoms with van der Waals surface area (Å²) in [6.45, 7) is 0.762. The summed E-state index contributed by atoms with van der Waals surface area (Å²) in [7, 11) is 0. The van der Waals surface area contributed by atoms with Gasteiger partial charge in [-0.05, 0) is 23.6 Å². The molecule has 1 heterocycles. The average molecular weight is 282 g/mol. The molecular formula is C17H18N2O2. The van der Waals surface area contributed by atoms with Gasteiger partial charge in [-0.2, -0.15) is 0 Å². The first-order valence-electron chi connectivity index (χ1n) is 7.06. The highest BCUT2D eigenvalue weighted by Gasteiger charge is 2.27. The van der Waals surface area contributed by atoms with Crippen molar-refractivity contribution in [1.82, 2.24) is 0 Å². The van der Waals surface area contributed by atoms with Gasteiger partial charge < -0.3 is 10.5 Å². The molecule has 0 spiro atoms. The van der Waals surface area contributed by atoms with Crippen molar-refractivity contribution in [1.29, 1.82) is 0 Å². The maximum absolute atomic E-state index is 12.3. The fourth-order valence-corrected chi connectivity index (χ4v) is 2.60. The second kappa shape index (κ2) is 5.97. The molecule has 4 heteroatoms. The highest BCUT2D eigenvalue weighted by Crippen LogP contribution is 2.27. The highest BCUT2D eigenvalue weighted by molar-refractivity contribution is 5.89. The van der Waals surface area contributed by atoms with Gasteiger partial charge in [0, 0.05) is 12.6 Å². The number of para-hydroxylation sites is 1. The van der Waals surface area contributed by atoms with Gasteiger partial charge >= 0.3 is 6.09 Å². The highest BCUT2D eigenvalue weighted by atomic mass is 16.6. The third-order valence-electron chi connectivity index (χ3n) is 3.61. The molecule has 2 aromatic rings. The summed E-state index contributed by atoms with van der Waals surface area (Å²) in [6, 6.07) is 17.4. The van der Waals surface area contributed by atoms with Gasteiger partial charge in [0.05, 0.1) is 5.69 Å². The van der Waals surface area contributed by atoms with Crippen molar-refractivity contribution in [3.63, 3.8) is 0 Å². The molecule has 0 aliphatic carbocycles. The molecule has 3 rings (SSSR count). The molecule has 108 valence electrons. The first-order valence-corrected chi connectivity index (χ1v) is 7.06. The third-order valence-corrected chi connectivity index (χ3v) is 3.61. The number of nitrogens with two attached hydrogens (primary N) is 1. The number of hydrogen-bond acceptors (Lipinski definition) is 3.